The summed E-state index contributed by atoms with van der Waals surface area (Å²) in [6.45, 7) is 6.58. The molecule has 0 aliphatic carbocycles. The Morgan fingerprint density at radius 3 is 2.58 bits per heavy atom. The summed E-state index contributed by atoms with van der Waals surface area (Å²) in [4.78, 5) is 11.0. The fourth-order valence-electron chi connectivity index (χ4n) is 2.36. The fourth-order valence-corrected chi connectivity index (χ4v) is 4.33. The second kappa shape index (κ2) is 6.67. The average molecular weight is 292 g/mol. The van der Waals surface area contributed by atoms with Crippen LogP contribution in [0, 0.1) is 5.92 Å². The summed E-state index contributed by atoms with van der Waals surface area (Å²) in [6, 6.07) is -0.116. The highest BCUT2D eigenvalue weighted by atomic mass is 32.2. The Bertz CT molecular complexity index is 408. The Balaban J connectivity index is 2.88. The van der Waals surface area contributed by atoms with Crippen LogP contribution in [0.1, 0.15) is 40.0 Å². The molecule has 1 aliphatic heterocycles. The van der Waals surface area contributed by atoms with Gasteiger partial charge in [0.15, 0.2) is 0 Å². The van der Waals surface area contributed by atoms with Crippen molar-refractivity contribution >= 4 is 16.2 Å². The molecule has 19 heavy (non-hydrogen) atoms. The van der Waals surface area contributed by atoms with Crippen molar-refractivity contribution in [2.24, 2.45) is 5.92 Å². The second-order valence-electron chi connectivity index (χ2n) is 5.25. The van der Waals surface area contributed by atoms with E-state index in [-0.39, 0.29) is 12.6 Å². The number of rotatable bonds is 6. The molecular weight excluding hydrogens is 268 g/mol. The number of carboxylic acid groups (broad SMARTS) is 1. The molecule has 1 aliphatic rings. The van der Waals surface area contributed by atoms with E-state index in [0.717, 1.165) is 6.42 Å². The van der Waals surface area contributed by atoms with Gasteiger partial charge < -0.3 is 5.11 Å². The maximum atomic E-state index is 12.5. The molecule has 6 nitrogen and oxygen atoms in total. The zero-order valence-electron chi connectivity index (χ0n) is 11.9. The molecule has 7 heteroatoms. The Hall–Kier alpha value is -0.660. The van der Waals surface area contributed by atoms with Crippen LogP contribution in [0.15, 0.2) is 0 Å². The summed E-state index contributed by atoms with van der Waals surface area (Å²) in [5.74, 6) is -1.49. The Kier molecular flexibility index (Phi) is 5.76. The number of carbonyl (C=O) groups is 1. The summed E-state index contributed by atoms with van der Waals surface area (Å²) in [5, 5.41) is 9.04. The first-order valence-electron chi connectivity index (χ1n) is 6.80. The predicted octanol–water partition coefficient (Wildman–Crippen LogP) is 1.15. The minimum Gasteiger partial charge on any atom is -0.481 e. The zero-order chi connectivity index (χ0) is 14.6. The molecular formula is C12H24N2O4S. The molecule has 1 fully saturated rings. The van der Waals surface area contributed by atoms with Crippen molar-refractivity contribution in [3.63, 3.8) is 0 Å². The van der Waals surface area contributed by atoms with Gasteiger partial charge in [-0.05, 0) is 33.1 Å². The van der Waals surface area contributed by atoms with Crippen molar-refractivity contribution in [1.29, 1.82) is 0 Å². The number of piperidine rings is 1. The molecule has 0 bridgehead atoms. The molecule has 0 spiro atoms. The van der Waals surface area contributed by atoms with Crippen molar-refractivity contribution in [2.45, 2.75) is 46.1 Å². The lowest BCUT2D eigenvalue weighted by atomic mass is 10.0. The number of nitrogens with zero attached hydrogens (tertiary/aromatic N) is 2. The van der Waals surface area contributed by atoms with Crippen LogP contribution in [-0.4, -0.2) is 53.8 Å². The Morgan fingerprint density at radius 1 is 1.47 bits per heavy atom. The van der Waals surface area contributed by atoms with E-state index in [1.807, 2.05) is 20.8 Å². The van der Waals surface area contributed by atoms with Gasteiger partial charge in [-0.15, -0.1) is 0 Å². The quantitative estimate of drug-likeness (QED) is 0.796. The van der Waals surface area contributed by atoms with E-state index < -0.39 is 22.1 Å². The van der Waals surface area contributed by atoms with Crippen molar-refractivity contribution in [3.05, 3.63) is 0 Å². The van der Waals surface area contributed by atoms with Crippen molar-refractivity contribution in [2.75, 3.05) is 19.6 Å². The van der Waals surface area contributed by atoms with E-state index in [4.69, 9.17) is 5.11 Å². The lowest BCUT2D eigenvalue weighted by Crippen LogP contribution is -2.51. The molecule has 0 aromatic carbocycles. The maximum Gasteiger partial charge on any atom is 0.307 e. The summed E-state index contributed by atoms with van der Waals surface area (Å²) >= 11 is 0. The molecule has 0 aromatic rings. The van der Waals surface area contributed by atoms with Crippen molar-refractivity contribution in [1.82, 2.24) is 8.61 Å². The first-order chi connectivity index (χ1) is 8.80. The van der Waals surface area contributed by atoms with Crippen LogP contribution in [0.4, 0.5) is 0 Å². The average Bonchev–Trinajstić information content (AvgIpc) is 2.35. The zero-order valence-corrected chi connectivity index (χ0v) is 12.7. The molecule has 1 saturated heterocycles. The van der Waals surface area contributed by atoms with Gasteiger partial charge in [-0.3, -0.25) is 4.79 Å². The molecule has 1 atom stereocenters. The molecule has 1 heterocycles. The molecule has 0 aromatic heterocycles. The fraction of sp³-hybridized carbons (Fsp3) is 0.917. The standard InChI is InChI=1S/C12H24N2O4S/c1-4-7-14(10(2)3)19(17,18)13-8-5-6-11(9-13)12(15)16/h10-11H,4-9H2,1-3H3,(H,15,16). The number of carboxylic acids is 1. The topological polar surface area (TPSA) is 77.9 Å². The smallest absolute Gasteiger partial charge is 0.307 e. The molecule has 1 unspecified atom stereocenters. The highest BCUT2D eigenvalue weighted by Crippen LogP contribution is 2.22. The van der Waals surface area contributed by atoms with Crippen molar-refractivity contribution < 1.29 is 18.3 Å². The van der Waals surface area contributed by atoms with Crippen LogP contribution in [-0.2, 0) is 15.0 Å². The van der Waals surface area contributed by atoms with Gasteiger partial charge in [-0.2, -0.15) is 17.0 Å². The van der Waals surface area contributed by atoms with Gasteiger partial charge in [-0.25, -0.2) is 0 Å². The Morgan fingerprint density at radius 2 is 2.11 bits per heavy atom. The van der Waals surface area contributed by atoms with E-state index in [9.17, 15) is 13.2 Å². The molecule has 1 rings (SSSR count). The lowest BCUT2D eigenvalue weighted by Gasteiger charge is -2.35. The van der Waals surface area contributed by atoms with Gasteiger partial charge in [0, 0.05) is 25.7 Å². The SMILES string of the molecule is CCCN(C(C)C)S(=O)(=O)N1CCCC(C(=O)O)C1. The molecule has 112 valence electrons. The van der Waals surface area contributed by atoms with E-state index in [1.165, 1.54) is 8.61 Å². The van der Waals surface area contributed by atoms with Crippen LogP contribution in [0.3, 0.4) is 0 Å². The summed E-state index contributed by atoms with van der Waals surface area (Å²) < 4.78 is 27.9. The molecule has 0 amide bonds. The molecule has 0 radical (unpaired) electrons. The summed E-state index contributed by atoms with van der Waals surface area (Å²) in [5.41, 5.74) is 0. The van der Waals surface area contributed by atoms with Gasteiger partial charge >= 0.3 is 5.97 Å². The van der Waals surface area contributed by atoms with E-state index >= 15 is 0 Å². The summed E-state index contributed by atoms with van der Waals surface area (Å²) in [7, 11) is -3.55. The summed E-state index contributed by atoms with van der Waals surface area (Å²) in [6.07, 6.45) is 1.90. The highest BCUT2D eigenvalue weighted by Gasteiger charge is 2.36. The lowest BCUT2D eigenvalue weighted by molar-refractivity contribution is -0.142. The molecule has 0 saturated carbocycles. The van der Waals surface area contributed by atoms with Gasteiger partial charge in [0.2, 0.25) is 0 Å². The first-order valence-corrected chi connectivity index (χ1v) is 8.20. The van der Waals surface area contributed by atoms with Crippen LogP contribution >= 0.6 is 0 Å². The monoisotopic (exact) mass is 292 g/mol. The normalized spacial score (nSPS) is 22.1. The van der Waals surface area contributed by atoms with Crippen molar-refractivity contribution in [3.8, 4) is 0 Å². The number of hydrogen-bond donors (Lipinski definition) is 1. The van der Waals surface area contributed by atoms with Crippen LogP contribution in [0.25, 0.3) is 0 Å². The third-order valence-corrected chi connectivity index (χ3v) is 5.56. The predicted molar refractivity (Wildman–Crippen MR) is 73.0 cm³/mol. The van der Waals surface area contributed by atoms with Crippen LogP contribution < -0.4 is 0 Å². The van der Waals surface area contributed by atoms with E-state index in [0.29, 0.717) is 25.9 Å². The Labute approximate surface area is 115 Å². The third kappa shape index (κ3) is 3.90. The van der Waals surface area contributed by atoms with E-state index in [2.05, 4.69) is 0 Å². The first kappa shape index (κ1) is 16.4. The van der Waals surface area contributed by atoms with E-state index in [1.54, 1.807) is 0 Å². The molecule has 1 N–H and O–H groups in total. The second-order valence-corrected chi connectivity index (χ2v) is 7.13. The third-order valence-electron chi connectivity index (χ3n) is 3.38. The number of aliphatic carboxylic acids is 1. The van der Waals surface area contributed by atoms with Gasteiger partial charge in [0.25, 0.3) is 10.2 Å². The highest BCUT2D eigenvalue weighted by molar-refractivity contribution is 7.86. The minimum atomic E-state index is -3.55. The van der Waals surface area contributed by atoms with Crippen LogP contribution in [0.5, 0.6) is 0 Å². The maximum absolute atomic E-state index is 12.5. The van der Waals surface area contributed by atoms with Gasteiger partial charge in [0.05, 0.1) is 5.92 Å². The van der Waals surface area contributed by atoms with Gasteiger partial charge in [0.1, 0.15) is 0 Å². The minimum absolute atomic E-state index is 0.0879. The van der Waals surface area contributed by atoms with Gasteiger partial charge in [-0.1, -0.05) is 6.92 Å². The van der Waals surface area contributed by atoms with Crippen LogP contribution in [0.2, 0.25) is 0 Å². The number of hydrogen-bond acceptors (Lipinski definition) is 3. The largest absolute Gasteiger partial charge is 0.481 e.